The molecule has 1 aromatic heterocycles. The fourth-order valence-corrected chi connectivity index (χ4v) is 3.19. The fourth-order valence-electron chi connectivity index (χ4n) is 3.19. The molecular formula is C21H20N2O3. The molecule has 3 aromatic rings. The predicted octanol–water partition coefficient (Wildman–Crippen LogP) is 3.83. The number of oxazole rings is 1. The van der Waals surface area contributed by atoms with E-state index in [1.807, 2.05) is 61.5 Å². The molecule has 0 saturated carbocycles. The number of aryl methyl sites for hydroxylation is 1. The van der Waals surface area contributed by atoms with Crippen LogP contribution in [-0.4, -0.2) is 17.5 Å². The van der Waals surface area contributed by atoms with E-state index in [2.05, 4.69) is 10.3 Å². The van der Waals surface area contributed by atoms with Crippen molar-refractivity contribution in [3.05, 3.63) is 71.6 Å². The Balaban J connectivity index is 1.47. The maximum atomic E-state index is 12.6. The molecule has 0 aliphatic carbocycles. The van der Waals surface area contributed by atoms with Crippen LogP contribution in [0.5, 0.6) is 5.75 Å². The molecule has 0 radical (unpaired) electrons. The highest BCUT2D eigenvalue weighted by Crippen LogP contribution is 2.31. The number of rotatable bonds is 4. The molecule has 1 atom stereocenters. The predicted molar refractivity (Wildman–Crippen MR) is 97.8 cm³/mol. The Morgan fingerprint density at radius 1 is 1.15 bits per heavy atom. The van der Waals surface area contributed by atoms with Crippen molar-refractivity contribution in [1.29, 1.82) is 0 Å². The Labute approximate surface area is 152 Å². The smallest absolute Gasteiger partial charge is 0.226 e. The van der Waals surface area contributed by atoms with E-state index in [4.69, 9.17) is 9.15 Å². The summed E-state index contributed by atoms with van der Waals surface area (Å²) in [7, 11) is 0. The van der Waals surface area contributed by atoms with Crippen LogP contribution in [0, 0.1) is 6.92 Å². The second kappa shape index (κ2) is 7.04. The fraction of sp³-hybridized carbons (Fsp3) is 0.238. The van der Waals surface area contributed by atoms with Gasteiger partial charge in [0.05, 0.1) is 24.8 Å². The van der Waals surface area contributed by atoms with Gasteiger partial charge in [0.1, 0.15) is 11.5 Å². The maximum absolute atomic E-state index is 12.6. The monoisotopic (exact) mass is 348 g/mol. The van der Waals surface area contributed by atoms with Crippen LogP contribution in [-0.2, 0) is 11.2 Å². The molecule has 2 aromatic carbocycles. The van der Waals surface area contributed by atoms with Gasteiger partial charge in [-0.3, -0.25) is 4.79 Å². The van der Waals surface area contributed by atoms with Gasteiger partial charge in [-0.2, -0.15) is 0 Å². The summed E-state index contributed by atoms with van der Waals surface area (Å²) in [6.45, 7) is 2.44. The Kier molecular flexibility index (Phi) is 4.44. The minimum Gasteiger partial charge on any atom is -0.493 e. The quantitative estimate of drug-likeness (QED) is 0.778. The first-order chi connectivity index (χ1) is 12.7. The summed E-state index contributed by atoms with van der Waals surface area (Å²) in [4.78, 5) is 17.1. The van der Waals surface area contributed by atoms with Crippen LogP contribution in [0.15, 0.2) is 59.0 Å². The molecule has 0 saturated heterocycles. The molecule has 0 fully saturated rings. The van der Waals surface area contributed by atoms with Gasteiger partial charge in [-0.1, -0.05) is 36.4 Å². The number of amides is 1. The summed E-state index contributed by atoms with van der Waals surface area (Å²) in [6, 6.07) is 17.5. The van der Waals surface area contributed by atoms with Gasteiger partial charge in [0.25, 0.3) is 0 Å². The van der Waals surface area contributed by atoms with Crippen molar-refractivity contribution >= 4 is 5.91 Å². The SMILES string of the molecule is Cc1oc(-c2ccccc2)nc1CC(=O)N[C@@H]1CCOc2ccccc21. The van der Waals surface area contributed by atoms with Gasteiger partial charge in [0.2, 0.25) is 11.8 Å². The third kappa shape index (κ3) is 3.33. The highest BCUT2D eigenvalue weighted by atomic mass is 16.5. The lowest BCUT2D eigenvalue weighted by Crippen LogP contribution is -2.33. The zero-order chi connectivity index (χ0) is 17.9. The number of para-hydroxylation sites is 1. The van der Waals surface area contributed by atoms with Crippen molar-refractivity contribution in [1.82, 2.24) is 10.3 Å². The van der Waals surface area contributed by atoms with Crippen molar-refractivity contribution < 1.29 is 13.9 Å². The lowest BCUT2D eigenvalue weighted by atomic mass is 10.0. The molecule has 5 nitrogen and oxygen atoms in total. The van der Waals surface area contributed by atoms with E-state index < -0.39 is 0 Å². The van der Waals surface area contributed by atoms with Gasteiger partial charge in [0, 0.05) is 17.5 Å². The van der Waals surface area contributed by atoms with Crippen LogP contribution in [0.4, 0.5) is 0 Å². The number of nitrogens with zero attached hydrogens (tertiary/aromatic N) is 1. The van der Waals surface area contributed by atoms with Crippen molar-refractivity contribution in [3.63, 3.8) is 0 Å². The zero-order valence-corrected chi connectivity index (χ0v) is 14.6. The highest BCUT2D eigenvalue weighted by molar-refractivity contribution is 5.79. The normalized spacial score (nSPS) is 15.8. The minimum absolute atomic E-state index is 0.0340. The molecule has 0 unspecified atom stereocenters. The van der Waals surface area contributed by atoms with Crippen LogP contribution in [0.1, 0.15) is 29.5 Å². The number of ether oxygens (including phenoxy) is 1. The number of nitrogens with one attached hydrogen (secondary N) is 1. The molecule has 1 aliphatic rings. The second-order valence-corrected chi connectivity index (χ2v) is 6.36. The first-order valence-corrected chi connectivity index (χ1v) is 8.73. The number of carbonyl (C=O) groups is 1. The summed E-state index contributed by atoms with van der Waals surface area (Å²) < 4.78 is 11.4. The van der Waals surface area contributed by atoms with E-state index >= 15 is 0 Å². The molecule has 2 heterocycles. The van der Waals surface area contributed by atoms with E-state index in [0.29, 0.717) is 24.0 Å². The first kappa shape index (κ1) is 16.4. The Hall–Kier alpha value is -3.08. The maximum Gasteiger partial charge on any atom is 0.226 e. The van der Waals surface area contributed by atoms with E-state index in [0.717, 1.165) is 23.3 Å². The molecule has 0 spiro atoms. The van der Waals surface area contributed by atoms with Crippen molar-refractivity contribution in [3.8, 4) is 17.2 Å². The average Bonchev–Trinajstić information content (AvgIpc) is 3.03. The number of fused-ring (bicyclic) bond motifs is 1. The third-order valence-electron chi connectivity index (χ3n) is 4.54. The highest BCUT2D eigenvalue weighted by Gasteiger charge is 2.23. The van der Waals surface area contributed by atoms with Gasteiger partial charge >= 0.3 is 0 Å². The lowest BCUT2D eigenvalue weighted by Gasteiger charge is -2.26. The molecule has 26 heavy (non-hydrogen) atoms. The van der Waals surface area contributed by atoms with Gasteiger partial charge in [-0.25, -0.2) is 4.98 Å². The standard InChI is InChI=1S/C21H20N2O3/c1-14-18(23-21(26-14)15-7-3-2-4-8-15)13-20(24)22-17-11-12-25-19-10-6-5-9-16(17)19/h2-10,17H,11-13H2,1H3,(H,22,24)/t17-/m1/s1. The number of hydrogen-bond donors (Lipinski definition) is 1. The van der Waals surface area contributed by atoms with Crippen LogP contribution >= 0.6 is 0 Å². The molecule has 5 heteroatoms. The van der Waals surface area contributed by atoms with E-state index in [-0.39, 0.29) is 18.4 Å². The van der Waals surface area contributed by atoms with Gasteiger partial charge < -0.3 is 14.5 Å². The van der Waals surface area contributed by atoms with E-state index in [9.17, 15) is 4.79 Å². The largest absolute Gasteiger partial charge is 0.493 e. The number of benzene rings is 2. The Morgan fingerprint density at radius 3 is 2.77 bits per heavy atom. The molecular weight excluding hydrogens is 328 g/mol. The molecule has 4 rings (SSSR count). The summed E-state index contributed by atoms with van der Waals surface area (Å²) in [6.07, 6.45) is 0.956. The molecule has 1 N–H and O–H groups in total. The molecule has 132 valence electrons. The van der Waals surface area contributed by atoms with Crippen molar-refractivity contribution in [2.24, 2.45) is 0 Å². The molecule has 1 aliphatic heterocycles. The summed E-state index contributed by atoms with van der Waals surface area (Å²) in [5.41, 5.74) is 2.59. The van der Waals surface area contributed by atoms with Crippen molar-refractivity contribution in [2.45, 2.75) is 25.8 Å². The van der Waals surface area contributed by atoms with Crippen LogP contribution in [0.2, 0.25) is 0 Å². The third-order valence-corrected chi connectivity index (χ3v) is 4.54. The van der Waals surface area contributed by atoms with Crippen molar-refractivity contribution in [2.75, 3.05) is 6.61 Å². The topological polar surface area (TPSA) is 64.4 Å². The number of carbonyl (C=O) groups excluding carboxylic acids is 1. The average molecular weight is 348 g/mol. The number of aromatic nitrogens is 1. The zero-order valence-electron chi connectivity index (χ0n) is 14.6. The summed E-state index contributed by atoms with van der Waals surface area (Å²) in [5, 5.41) is 3.10. The summed E-state index contributed by atoms with van der Waals surface area (Å²) >= 11 is 0. The minimum atomic E-state index is -0.0669. The second-order valence-electron chi connectivity index (χ2n) is 6.36. The van der Waals surface area contributed by atoms with Gasteiger partial charge in [-0.05, 0) is 25.1 Å². The Bertz CT molecular complexity index is 918. The lowest BCUT2D eigenvalue weighted by molar-refractivity contribution is -0.121. The molecule has 0 bridgehead atoms. The van der Waals surface area contributed by atoms with E-state index in [1.54, 1.807) is 0 Å². The summed E-state index contributed by atoms with van der Waals surface area (Å²) in [5.74, 6) is 1.99. The van der Waals surface area contributed by atoms with Crippen LogP contribution < -0.4 is 10.1 Å². The Morgan fingerprint density at radius 2 is 1.92 bits per heavy atom. The van der Waals surface area contributed by atoms with Crippen LogP contribution in [0.3, 0.4) is 0 Å². The first-order valence-electron chi connectivity index (χ1n) is 8.73. The van der Waals surface area contributed by atoms with E-state index in [1.165, 1.54) is 0 Å². The number of hydrogen-bond acceptors (Lipinski definition) is 4. The van der Waals surface area contributed by atoms with Crippen LogP contribution in [0.25, 0.3) is 11.5 Å². The molecule has 1 amide bonds. The van der Waals surface area contributed by atoms with Gasteiger partial charge in [-0.15, -0.1) is 0 Å². The van der Waals surface area contributed by atoms with Gasteiger partial charge in [0.15, 0.2) is 0 Å².